The van der Waals surface area contributed by atoms with Gasteiger partial charge in [-0.2, -0.15) is 0 Å². The van der Waals surface area contributed by atoms with E-state index in [1.165, 1.54) is 53.5 Å². The lowest BCUT2D eigenvalue weighted by atomic mass is 10.1. The average Bonchev–Trinajstić information content (AvgIpc) is 2.96. The fourth-order valence-electron chi connectivity index (χ4n) is 2.93. The lowest BCUT2D eigenvalue weighted by Crippen LogP contribution is -2.29. The number of benzene rings is 1. The first-order chi connectivity index (χ1) is 10.2. The monoisotopic (exact) mass is 300 g/mol. The van der Waals surface area contributed by atoms with Crippen molar-refractivity contribution < 1.29 is 0 Å². The van der Waals surface area contributed by atoms with E-state index >= 15 is 0 Å². The van der Waals surface area contributed by atoms with Gasteiger partial charge >= 0.3 is 0 Å². The summed E-state index contributed by atoms with van der Waals surface area (Å²) in [6.07, 6.45) is 4.04. The van der Waals surface area contributed by atoms with Gasteiger partial charge in [0.05, 0.1) is 6.04 Å². The zero-order valence-corrected chi connectivity index (χ0v) is 13.7. The highest BCUT2D eigenvalue weighted by molar-refractivity contribution is 7.12. The highest BCUT2D eigenvalue weighted by Gasteiger charge is 2.11. The number of hydrogen-bond donors (Lipinski definition) is 1. The molecule has 2 nitrogen and oxygen atoms in total. The van der Waals surface area contributed by atoms with Gasteiger partial charge in [0.25, 0.3) is 0 Å². The Labute approximate surface area is 131 Å². The molecule has 1 saturated heterocycles. The van der Waals surface area contributed by atoms with Crippen LogP contribution in [-0.4, -0.2) is 13.1 Å². The Morgan fingerprint density at radius 1 is 1.00 bits per heavy atom. The van der Waals surface area contributed by atoms with E-state index in [-0.39, 0.29) is 0 Å². The average molecular weight is 300 g/mol. The molecule has 1 N–H and O–H groups in total. The number of rotatable bonds is 4. The van der Waals surface area contributed by atoms with Gasteiger partial charge < -0.3 is 10.2 Å². The summed E-state index contributed by atoms with van der Waals surface area (Å²) >= 11 is 1.87. The number of piperidine rings is 1. The van der Waals surface area contributed by atoms with Crippen LogP contribution in [0.5, 0.6) is 0 Å². The molecule has 0 amide bonds. The normalized spacial score (nSPS) is 16.8. The fraction of sp³-hybridized carbons (Fsp3) is 0.444. The van der Waals surface area contributed by atoms with Crippen LogP contribution in [-0.2, 0) is 0 Å². The molecule has 0 aliphatic carbocycles. The zero-order valence-electron chi connectivity index (χ0n) is 12.9. The molecule has 1 aliphatic heterocycles. The minimum Gasteiger partial charge on any atom is -0.378 e. The molecule has 1 aromatic heterocycles. The number of thiophene rings is 1. The van der Waals surface area contributed by atoms with Crippen LogP contribution in [0.1, 0.15) is 42.0 Å². The van der Waals surface area contributed by atoms with E-state index in [9.17, 15) is 0 Å². The molecule has 1 aliphatic rings. The van der Waals surface area contributed by atoms with E-state index in [4.69, 9.17) is 0 Å². The van der Waals surface area contributed by atoms with Gasteiger partial charge in [-0.15, -0.1) is 11.3 Å². The molecular formula is C18H24N2S. The Kier molecular flexibility index (Phi) is 4.49. The van der Waals surface area contributed by atoms with Gasteiger partial charge in [-0.1, -0.05) is 0 Å². The van der Waals surface area contributed by atoms with Gasteiger partial charge in [0, 0.05) is 34.2 Å². The van der Waals surface area contributed by atoms with Crippen LogP contribution in [0.2, 0.25) is 0 Å². The number of nitrogens with one attached hydrogen (secondary N) is 1. The summed E-state index contributed by atoms with van der Waals surface area (Å²) in [4.78, 5) is 5.27. The van der Waals surface area contributed by atoms with E-state index in [1.54, 1.807) is 0 Å². The summed E-state index contributed by atoms with van der Waals surface area (Å²) in [5, 5.41) is 3.59. The van der Waals surface area contributed by atoms with Crippen LogP contribution in [0, 0.1) is 6.92 Å². The van der Waals surface area contributed by atoms with Crippen molar-refractivity contribution in [3.05, 3.63) is 46.2 Å². The van der Waals surface area contributed by atoms with Gasteiger partial charge in [-0.3, -0.25) is 0 Å². The summed E-state index contributed by atoms with van der Waals surface area (Å²) in [5.74, 6) is 0. The standard InChI is InChI=1S/C18H24N2S/c1-14-6-11-18(21-14)15(2)19-16-7-9-17(10-8-16)20-12-4-3-5-13-20/h6-11,15,19H,3-5,12-13H2,1-2H3. The molecule has 0 spiro atoms. The zero-order chi connectivity index (χ0) is 14.7. The van der Waals surface area contributed by atoms with Gasteiger partial charge in [0.2, 0.25) is 0 Å². The first-order valence-corrected chi connectivity index (χ1v) is 8.72. The summed E-state index contributed by atoms with van der Waals surface area (Å²) in [7, 11) is 0. The maximum atomic E-state index is 3.59. The molecular weight excluding hydrogens is 276 g/mol. The number of anilines is 2. The molecule has 1 fully saturated rings. The molecule has 2 heterocycles. The quantitative estimate of drug-likeness (QED) is 0.832. The van der Waals surface area contributed by atoms with E-state index in [0.717, 1.165) is 0 Å². The fourth-order valence-corrected chi connectivity index (χ4v) is 3.81. The second-order valence-electron chi connectivity index (χ2n) is 5.91. The topological polar surface area (TPSA) is 15.3 Å². The molecule has 0 bridgehead atoms. The molecule has 1 unspecified atom stereocenters. The SMILES string of the molecule is Cc1ccc(C(C)Nc2ccc(N3CCCCC3)cc2)s1. The van der Waals surface area contributed by atoms with Gasteiger partial charge in [0.15, 0.2) is 0 Å². The summed E-state index contributed by atoms with van der Waals surface area (Å²) in [5.41, 5.74) is 2.56. The van der Waals surface area contributed by atoms with Crippen molar-refractivity contribution in [1.82, 2.24) is 0 Å². The van der Waals surface area contributed by atoms with E-state index in [2.05, 4.69) is 60.5 Å². The highest BCUT2D eigenvalue weighted by Crippen LogP contribution is 2.27. The molecule has 3 rings (SSSR count). The minimum absolute atomic E-state index is 0.365. The number of hydrogen-bond acceptors (Lipinski definition) is 3. The van der Waals surface area contributed by atoms with Crippen LogP contribution in [0.3, 0.4) is 0 Å². The Morgan fingerprint density at radius 3 is 2.33 bits per heavy atom. The Bertz CT molecular complexity index is 567. The largest absolute Gasteiger partial charge is 0.378 e. The Hall–Kier alpha value is -1.48. The van der Waals surface area contributed by atoms with Crippen LogP contribution < -0.4 is 10.2 Å². The van der Waals surface area contributed by atoms with Crippen LogP contribution >= 0.6 is 11.3 Å². The predicted octanol–water partition coefficient (Wildman–Crippen LogP) is 5.22. The third kappa shape index (κ3) is 3.59. The number of nitrogens with zero attached hydrogens (tertiary/aromatic N) is 1. The number of aryl methyl sites for hydroxylation is 1. The molecule has 1 aromatic carbocycles. The molecule has 0 radical (unpaired) electrons. The lowest BCUT2D eigenvalue weighted by molar-refractivity contribution is 0.578. The highest BCUT2D eigenvalue weighted by atomic mass is 32.1. The third-order valence-corrected chi connectivity index (χ3v) is 5.34. The molecule has 2 aromatic rings. The van der Waals surface area contributed by atoms with Gasteiger partial charge in [-0.25, -0.2) is 0 Å². The second-order valence-corrected chi connectivity index (χ2v) is 7.23. The van der Waals surface area contributed by atoms with E-state index in [0.29, 0.717) is 6.04 Å². The van der Waals surface area contributed by atoms with Crippen molar-refractivity contribution in [1.29, 1.82) is 0 Å². The predicted molar refractivity (Wildman–Crippen MR) is 93.6 cm³/mol. The molecule has 1 atom stereocenters. The summed E-state index contributed by atoms with van der Waals surface area (Å²) in [6.45, 7) is 6.80. The van der Waals surface area contributed by atoms with E-state index in [1.807, 2.05) is 11.3 Å². The van der Waals surface area contributed by atoms with Crippen molar-refractivity contribution in [2.45, 2.75) is 39.2 Å². The second kappa shape index (κ2) is 6.52. The molecule has 112 valence electrons. The van der Waals surface area contributed by atoms with Crippen LogP contribution in [0.4, 0.5) is 11.4 Å². The first kappa shape index (κ1) is 14.5. The molecule has 0 saturated carbocycles. The van der Waals surface area contributed by atoms with Gasteiger partial charge in [-0.05, 0) is 69.5 Å². The van der Waals surface area contributed by atoms with Crippen molar-refractivity contribution >= 4 is 22.7 Å². The summed E-state index contributed by atoms with van der Waals surface area (Å²) in [6, 6.07) is 13.7. The third-order valence-electron chi connectivity index (χ3n) is 4.16. The van der Waals surface area contributed by atoms with Crippen molar-refractivity contribution in [2.24, 2.45) is 0 Å². The molecule has 21 heavy (non-hydrogen) atoms. The minimum atomic E-state index is 0.365. The lowest BCUT2D eigenvalue weighted by Gasteiger charge is -2.29. The van der Waals surface area contributed by atoms with Crippen molar-refractivity contribution in [2.75, 3.05) is 23.3 Å². The Morgan fingerprint density at radius 2 is 1.71 bits per heavy atom. The van der Waals surface area contributed by atoms with Crippen LogP contribution in [0.15, 0.2) is 36.4 Å². The summed E-state index contributed by atoms with van der Waals surface area (Å²) < 4.78 is 0. The first-order valence-electron chi connectivity index (χ1n) is 7.90. The maximum absolute atomic E-state index is 3.59. The van der Waals surface area contributed by atoms with E-state index < -0.39 is 0 Å². The van der Waals surface area contributed by atoms with Crippen LogP contribution in [0.25, 0.3) is 0 Å². The van der Waals surface area contributed by atoms with Crippen molar-refractivity contribution in [3.63, 3.8) is 0 Å². The Balaban J connectivity index is 1.63. The molecule has 3 heteroatoms. The maximum Gasteiger partial charge on any atom is 0.0578 e. The van der Waals surface area contributed by atoms with Crippen molar-refractivity contribution in [3.8, 4) is 0 Å². The smallest absolute Gasteiger partial charge is 0.0578 e. The van der Waals surface area contributed by atoms with Gasteiger partial charge in [0.1, 0.15) is 0 Å².